The minimum atomic E-state index is -2.58. The average Bonchev–Trinajstić information content (AvgIpc) is 3.44. The van der Waals surface area contributed by atoms with Gasteiger partial charge in [0.05, 0.1) is 35.8 Å². The molecule has 2 fully saturated rings. The van der Waals surface area contributed by atoms with Crippen LogP contribution in [0.4, 0.5) is 28.8 Å². The summed E-state index contributed by atoms with van der Waals surface area (Å²) in [6.45, 7) is 4.75. The Morgan fingerprint density at radius 1 is 0.965 bits per heavy atom. The van der Waals surface area contributed by atoms with Gasteiger partial charge in [0.1, 0.15) is 24.0 Å². The molecule has 294 valence electrons. The summed E-state index contributed by atoms with van der Waals surface area (Å²) in [4.78, 5) is 75.6. The van der Waals surface area contributed by atoms with Gasteiger partial charge in [-0.3, -0.25) is 34.2 Å². The van der Waals surface area contributed by atoms with E-state index in [0.29, 0.717) is 64.8 Å². The van der Waals surface area contributed by atoms with E-state index in [1.165, 1.54) is 24.4 Å². The molecule has 0 radical (unpaired) electrons. The molecule has 15 nitrogen and oxygen atoms in total. The van der Waals surface area contributed by atoms with Gasteiger partial charge in [0.25, 0.3) is 11.8 Å². The molecular formula is C40H40ClN8O7P. The van der Waals surface area contributed by atoms with E-state index in [1.54, 1.807) is 32.6 Å². The Morgan fingerprint density at radius 3 is 2.47 bits per heavy atom. The summed E-state index contributed by atoms with van der Waals surface area (Å²) < 4.78 is 18.6. The number of fused-ring (bicyclic) bond motifs is 1. The first kappa shape index (κ1) is 39.2. The molecule has 1 aromatic heterocycles. The van der Waals surface area contributed by atoms with Crippen molar-refractivity contribution in [1.82, 2.24) is 25.5 Å². The van der Waals surface area contributed by atoms with Crippen LogP contribution in [0, 0.1) is 0 Å². The van der Waals surface area contributed by atoms with Crippen molar-refractivity contribution >= 4 is 88.5 Å². The summed E-state index contributed by atoms with van der Waals surface area (Å²) in [6.07, 6.45) is 5.75. The van der Waals surface area contributed by atoms with Crippen LogP contribution in [0.5, 0.6) is 5.75 Å². The molecule has 4 aromatic rings. The van der Waals surface area contributed by atoms with E-state index in [9.17, 15) is 28.5 Å². The van der Waals surface area contributed by atoms with Crippen LogP contribution in [-0.4, -0.2) is 90.0 Å². The molecule has 1 atom stereocenters. The van der Waals surface area contributed by atoms with Crippen molar-refractivity contribution < 1.29 is 33.3 Å². The van der Waals surface area contributed by atoms with Gasteiger partial charge in [-0.05, 0) is 74.6 Å². The lowest BCUT2D eigenvalue weighted by Crippen LogP contribution is -2.54. The van der Waals surface area contributed by atoms with Crippen LogP contribution in [0.15, 0.2) is 72.9 Å². The Kier molecular flexibility index (Phi) is 11.1. The first-order valence-corrected chi connectivity index (χ1v) is 21.3. The third kappa shape index (κ3) is 8.40. The summed E-state index contributed by atoms with van der Waals surface area (Å²) in [7, 11) is -1.00. The van der Waals surface area contributed by atoms with Gasteiger partial charge in [0.2, 0.25) is 23.7 Å². The Bertz CT molecular complexity index is 2380. The topological polar surface area (TPSA) is 192 Å². The van der Waals surface area contributed by atoms with Crippen LogP contribution in [0.3, 0.4) is 0 Å². The molecule has 2 saturated heterocycles. The first-order chi connectivity index (χ1) is 27.3. The Balaban J connectivity index is 0.954. The van der Waals surface area contributed by atoms with E-state index in [0.717, 1.165) is 10.6 Å². The highest BCUT2D eigenvalue weighted by Crippen LogP contribution is 2.39. The predicted octanol–water partition coefficient (Wildman–Crippen LogP) is 5.07. The van der Waals surface area contributed by atoms with E-state index in [-0.39, 0.29) is 41.9 Å². The molecule has 3 aliphatic rings. The first-order valence-electron chi connectivity index (χ1n) is 18.3. The zero-order valence-electron chi connectivity index (χ0n) is 31.4. The summed E-state index contributed by atoms with van der Waals surface area (Å²) in [5, 5.41) is 12.6. The maximum absolute atomic E-state index is 13.4. The number of hydrogen-bond donors (Lipinski definition) is 4. The number of methoxy groups -OCH3 is 1. The highest BCUT2D eigenvalue weighted by molar-refractivity contribution is 7.70. The monoisotopic (exact) mass is 810 g/mol. The molecule has 0 spiro atoms. The molecule has 17 heteroatoms. The molecule has 0 bridgehead atoms. The van der Waals surface area contributed by atoms with Crippen molar-refractivity contribution in [2.45, 2.75) is 37.8 Å². The number of ether oxygens (including phenoxy) is 1. The van der Waals surface area contributed by atoms with Crippen molar-refractivity contribution in [3.8, 4) is 5.75 Å². The van der Waals surface area contributed by atoms with E-state index in [2.05, 4.69) is 36.1 Å². The van der Waals surface area contributed by atoms with Gasteiger partial charge in [-0.15, -0.1) is 0 Å². The van der Waals surface area contributed by atoms with Crippen LogP contribution in [-0.2, 0) is 18.9 Å². The number of anilines is 5. The third-order valence-corrected chi connectivity index (χ3v) is 11.9. The SMILES string of the molecule is COc1cc(N2CCC(NC(=O)C=Cc3cccc4c3C(=O)N(C3CCC(=O)NC3=O)C4=O)CC2)ccc1Nc1ncc(Cl)c(Nc2ccccc2P(C)(C)=O)n1. The molecular weight excluding hydrogens is 771 g/mol. The number of carbonyl (C=O) groups excluding carboxylic acids is 5. The fourth-order valence-corrected chi connectivity index (χ4v) is 8.46. The number of benzene rings is 3. The van der Waals surface area contributed by atoms with Crippen LogP contribution >= 0.6 is 18.7 Å². The van der Waals surface area contributed by atoms with Gasteiger partial charge in [-0.2, -0.15) is 4.98 Å². The quantitative estimate of drug-likeness (QED) is 0.0895. The summed E-state index contributed by atoms with van der Waals surface area (Å²) in [5.41, 5.74) is 2.85. The maximum atomic E-state index is 13.4. The molecule has 3 aliphatic heterocycles. The number of carbonyl (C=O) groups is 5. The lowest BCUT2D eigenvalue weighted by molar-refractivity contribution is -0.136. The second-order valence-corrected chi connectivity index (χ2v) is 17.8. The number of imide groups is 2. The maximum Gasteiger partial charge on any atom is 0.262 e. The highest BCUT2D eigenvalue weighted by Gasteiger charge is 2.45. The van der Waals surface area contributed by atoms with Crippen molar-refractivity contribution in [2.24, 2.45) is 0 Å². The second kappa shape index (κ2) is 16.2. The summed E-state index contributed by atoms with van der Waals surface area (Å²) in [5.74, 6) is -1.53. The van der Waals surface area contributed by atoms with Gasteiger partial charge in [0.15, 0.2) is 5.82 Å². The Morgan fingerprint density at radius 2 is 1.74 bits per heavy atom. The fourth-order valence-electron chi connectivity index (χ4n) is 7.17. The van der Waals surface area contributed by atoms with Crippen molar-refractivity contribution in [1.29, 1.82) is 0 Å². The minimum absolute atomic E-state index is 0.0246. The fraction of sp³-hybridized carbons (Fsp3) is 0.275. The molecule has 1 unspecified atom stereocenters. The van der Waals surface area contributed by atoms with Crippen LogP contribution in [0.1, 0.15) is 52.0 Å². The largest absolute Gasteiger partial charge is 0.494 e. The summed E-state index contributed by atoms with van der Waals surface area (Å²) >= 11 is 6.44. The molecule has 3 aromatic carbocycles. The number of aromatic nitrogens is 2. The van der Waals surface area contributed by atoms with Gasteiger partial charge in [-0.25, -0.2) is 4.98 Å². The van der Waals surface area contributed by atoms with Crippen LogP contribution in [0.25, 0.3) is 6.08 Å². The Labute approximate surface area is 333 Å². The van der Waals surface area contributed by atoms with Gasteiger partial charge in [-0.1, -0.05) is 35.9 Å². The molecule has 0 saturated carbocycles. The molecule has 0 aliphatic carbocycles. The van der Waals surface area contributed by atoms with Crippen molar-refractivity contribution in [3.63, 3.8) is 0 Å². The van der Waals surface area contributed by atoms with E-state index in [4.69, 9.17) is 16.3 Å². The lowest BCUT2D eigenvalue weighted by Gasteiger charge is -2.34. The number of piperidine rings is 2. The third-order valence-electron chi connectivity index (χ3n) is 10.0. The Hall–Kier alpha value is -6.05. The van der Waals surface area contributed by atoms with Gasteiger partial charge < -0.3 is 30.2 Å². The van der Waals surface area contributed by atoms with Gasteiger partial charge >= 0.3 is 0 Å². The standard InChI is InChI=1S/C40H40ClN8O7P/c1-56-31-21-25(12-13-28(31)45-40-42-22-27(41)36(47-40)44-29-9-4-5-10-32(29)57(2,3)55)48-19-17-24(18-20-48)43-33(50)15-11-23-7-6-8-26-35(23)39(54)49(38(26)53)30-14-16-34(51)46-37(30)52/h4-13,15,21-22,24,30H,14,16-20H2,1-3H3,(H,43,50)(H,46,51,52)(H2,42,44,45,47). The number of nitrogens with one attached hydrogen (secondary N) is 4. The van der Waals surface area contributed by atoms with E-state index < -0.39 is 36.8 Å². The number of nitrogens with zero attached hydrogens (tertiary/aromatic N) is 4. The van der Waals surface area contributed by atoms with Crippen LogP contribution in [0.2, 0.25) is 5.02 Å². The smallest absolute Gasteiger partial charge is 0.262 e. The van der Waals surface area contributed by atoms with Crippen LogP contribution < -0.4 is 36.2 Å². The minimum Gasteiger partial charge on any atom is -0.494 e. The molecule has 5 amide bonds. The number of para-hydroxylation sites is 1. The predicted molar refractivity (Wildman–Crippen MR) is 218 cm³/mol. The normalized spacial score (nSPS) is 17.4. The van der Waals surface area contributed by atoms with E-state index >= 15 is 0 Å². The zero-order chi connectivity index (χ0) is 40.4. The number of rotatable bonds is 11. The second-order valence-electron chi connectivity index (χ2n) is 14.2. The lowest BCUT2D eigenvalue weighted by atomic mass is 10.0. The highest BCUT2D eigenvalue weighted by atomic mass is 35.5. The molecule has 4 heterocycles. The van der Waals surface area contributed by atoms with Crippen molar-refractivity contribution in [3.05, 3.63) is 94.6 Å². The molecule has 57 heavy (non-hydrogen) atoms. The van der Waals surface area contributed by atoms with Gasteiger partial charge in [0, 0.05) is 48.7 Å². The average molecular weight is 811 g/mol. The number of amides is 5. The number of hydrogen-bond acceptors (Lipinski definition) is 12. The molecule has 7 rings (SSSR count). The molecule has 4 N–H and O–H groups in total. The van der Waals surface area contributed by atoms with Crippen molar-refractivity contribution in [2.75, 3.05) is 49.1 Å². The van der Waals surface area contributed by atoms with E-state index in [1.807, 2.05) is 42.5 Å². The number of halogens is 1. The summed E-state index contributed by atoms with van der Waals surface area (Å²) in [6, 6.07) is 16.7. The zero-order valence-corrected chi connectivity index (χ0v) is 33.0.